The van der Waals surface area contributed by atoms with Gasteiger partial charge in [0, 0.05) is 6.42 Å². The Morgan fingerprint density at radius 3 is 2.53 bits per heavy atom. The molecule has 0 heterocycles. The summed E-state index contributed by atoms with van der Waals surface area (Å²) in [5, 5.41) is 2.95. The molecule has 0 aliphatic carbocycles. The number of rotatable bonds is 3. The molecule has 0 saturated heterocycles. The largest absolute Gasteiger partial charge is 0.350 e. The van der Waals surface area contributed by atoms with E-state index in [0.717, 1.165) is 0 Å². The van der Waals surface area contributed by atoms with Gasteiger partial charge in [-0.1, -0.05) is 25.1 Å². The van der Waals surface area contributed by atoms with Crippen molar-refractivity contribution >= 4 is 5.91 Å². The Kier molecular flexibility index (Phi) is 3.89. The minimum Gasteiger partial charge on any atom is -0.350 e. The van der Waals surface area contributed by atoms with Gasteiger partial charge in [-0.15, -0.1) is 0 Å². The first-order chi connectivity index (χ1) is 7.04. The van der Waals surface area contributed by atoms with Crippen LogP contribution in [0.5, 0.6) is 0 Å². The van der Waals surface area contributed by atoms with Crippen LogP contribution in [-0.4, -0.2) is 5.91 Å². The smallest absolute Gasteiger partial charge is 0.220 e. The maximum Gasteiger partial charge on any atom is 0.220 e. The van der Waals surface area contributed by atoms with Crippen LogP contribution in [0.3, 0.4) is 0 Å². The topological polar surface area (TPSA) is 29.1 Å². The summed E-state index contributed by atoms with van der Waals surface area (Å²) in [6.07, 6.45) is 0.537. The number of amides is 1. The summed E-state index contributed by atoms with van der Waals surface area (Å²) in [6.45, 7) is 8.06. The zero-order valence-corrected chi connectivity index (χ0v) is 9.92. The van der Waals surface area contributed by atoms with Gasteiger partial charge >= 0.3 is 0 Å². The van der Waals surface area contributed by atoms with Crippen LogP contribution in [0, 0.1) is 13.8 Å². The lowest BCUT2D eigenvalue weighted by Gasteiger charge is -2.15. The molecule has 0 aromatic heterocycles. The minimum absolute atomic E-state index is 0.0942. The second kappa shape index (κ2) is 4.96. The molecule has 82 valence electrons. The van der Waals surface area contributed by atoms with E-state index < -0.39 is 0 Å². The molecule has 0 aliphatic heterocycles. The van der Waals surface area contributed by atoms with Crippen molar-refractivity contribution in [3.63, 3.8) is 0 Å². The molecule has 1 aromatic rings. The molecule has 1 aromatic carbocycles. The van der Waals surface area contributed by atoms with E-state index in [-0.39, 0.29) is 11.9 Å². The fraction of sp³-hybridized carbons (Fsp3) is 0.462. The van der Waals surface area contributed by atoms with Crippen molar-refractivity contribution in [3.8, 4) is 0 Å². The van der Waals surface area contributed by atoms with Gasteiger partial charge in [0.05, 0.1) is 6.04 Å². The molecule has 1 N–H and O–H groups in total. The molecule has 0 spiro atoms. The SMILES string of the molecule is CCC(=O)N[C@H](C)c1ccc(C)c(C)c1. The molecule has 1 amide bonds. The van der Waals surface area contributed by atoms with Crippen LogP contribution in [-0.2, 0) is 4.79 Å². The minimum atomic E-state index is 0.0942. The Balaban J connectivity index is 2.78. The molecule has 0 bridgehead atoms. The average molecular weight is 205 g/mol. The molecule has 2 heteroatoms. The zero-order valence-electron chi connectivity index (χ0n) is 9.92. The second-order valence-electron chi connectivity index (χ2n) is 3.99. The molecule has 0 aliphatic rings. The van der Waals surface area contributed by atoms with Crippen LogP contribution in [0.2, 0.25) is 0 Å². The summed E-state index contributed by atoms with van der Waals surface area (Å²) < 4.78 is 0. The third kappa shape index (κ3) is 3.08. The lowest BCUT2D eigenvalue weighted by atomic mass is 10.0. The summed E-state index contributed by atoms with van der Waals surface area (Å²) in [6, 6.07) is 6.40. The van der Waals surface area contributed by atoms with Gasteiger partial charge in [0.15, 0.2) is 0 Å². The molecule has 1 atom stereocenters. The van der Waals surface area contributed by atoms with Crippen molar-refractivity contribution < 1.29 is 4.79 Å². The van der Waals surface area contributed by atoms with Crippen LogP contribution in [0.15, 0.2) is 18.2 Å². The van der Waals surface area contributed by atoms with E-state index in [2.05, 4.69) is 37.4 Å². The quantitative estimate of drug-likeness (QED) is 0.807. The normalized spacial score (nSPS) is 12.3. The van der Waals surface area contributed by atoms with Gasteiger partial charge in [-0.25, -0.2) is 0 Å². The molecule has 1 rings (SSSR count). The van der Waals surface area contributed by atoms with E-state index in [9.17, 15) is 4.79 Å². The van der Waals surface area contributed by atoms with E-state index in [0.29, 0.717) is 6.42 Å². The lowest BCUT2D eigenvalue weighted by Crippen LogP contribution is -2.25. The molecule has 15 heavy (non-hydrogen) atoms. The number of benzene rings is 1. The summed E-state index contributed by atoms with van der Waals surface area (Å²) in [4.78, 5) is 11.2. The lowest BCUT2D eigenvalue weighted by molar-refractivity contribution is -0.121. The van der Waals surface area contributed by atoms with E-state index >= 15 is 0 Å². The highest BCUT2D eigenvalue weighted by Crippen LogP contribution is 2.16. The zero-order chi connectivity index (χ0) is 11.4. The Morgan fingerprint density at radius 2 is 2.00 bits per heavy atom. The Hall–Kier alpha value is -1.31. The van der Waals surface area contributed by atoms with Gasteiger partial charge < -0.3 is 5.32 Å². The molecule has 2 nitrogen and oxygen atoms in total. The molecule has 0 radical (unpaired) electrons. The Bertz CT molecular complexity index is 358. The van der Waals surface area contributed by atoms with Crippen LogP contribution in [0.25, 0.3) is 0 Å². The van der Waals surface area contributed by atoms with Crippen molar-refractivity contribution in [2.75, 3.05) is 0 Å². The molecular formula is C13H19NO. The first-order valence-corrected chi connectivity index (χ1v) is 5.41. The van der Waals surface area contributed by atoms with Gasteiger partial charge in [-0.05, 0) is 37.5 Å². The van der Waals surface area contributed by atoms with Gasteiger partial charge in [0.25, 0.3) is 0 Å². The van der Waals surface area contributed by atoms with Crippen LogP contribution < -0.4 is 5.32 Å². The Labute approximate surface area is 91.7 Å². The summed E-state index contributed by atoms with van der Waals surface area (Å²) in [5.74, 6) is 0.0979. The van der Waals surface area contributed by atoms with Gasteiger partial charge in [-0.2, -0.15) is 0 Å². The fourth-order valence-electron chi connectivity index (χ4n) is 1.46. The summed E-state index contributed by atoms with van der Waals surface area (Å²) >= 11 is 0. The number of carbonyl (C=O) groups is 1. The molecule has 0 unspecified atom stereocenters. The van der Waals surface area contributed by atoms with Crippen molar-refractivity contribution in [3.05, 3.63) is 34.9 Å². The van der Waals surface area contributed by atoms with Crippen LogP contribution in [0.4, 0.5) is 0 Å². The van der Waals surface area contributed by atoms with E-state index in [4.69, 9.17) is 0 Å². The standard InChI is InChI=1S/C13H19NO/c1-5-13(15)14-11(4)12-7-6-9(2)10(3)8-12/h6-8,11H,5H2,1-4H3,(H,14,15)/t11-/m1/s1. The van der Waals surface area contributed by atoms with Crippen molar-refractivity contribution in [2.24, 2.45) is 0 Å². The van der Waals surface area contributed by atoms with Crippen molar-refractivity contribution in [2.45, 2.75) is 40.2 Å². The predicted octanol–water partition coefficient (Wildman–Crippen LogP) is 2.89. The maximum absolute atomic E-state index is 11.2. The summed E-state index contributed by atoms with van der Waals surface area (Å²) in [5.41, 5.74) is 3.72. The third-order valence-electron chi connectivity index (χ3n) is 2.73. The first kappa shape index (κ1) is 11.8. The van der Waals surface area contributed by atoms with Crippen LogP contribution >= 0.6 is 0 Å². The van der Waals surface area contributed by atoms with Crippen LogP contribution in [0.1, 0.15) is 43.0 Å². The van der Waals surface area contributed by atoms with E-state index in [1.807, 2.05) is 13.8 Å². The predicted molar refractivity (Wildman–Crippen MR) is 62.8 cm³/mol. The summed E-state index contributed by atoms with van der Waals surface area (Å²) in [7, 11) is 0. The number of hydrogen-bond donors (Lipinski definition) is 1. The number of nitrogens with one attached hydrogen (secondary N) is 1. The molecular weight excluding hydrogens is 186 g/mol. The third-order valence-corrected chi connectivity index (χ3v) is 2.73. The van der Waals surface area contributed by atoms with E-state index in [1.54, 1.807) is 0 Å². The monoisotopic (exact) mass is 205 g/mol. The van der Waals surface area contributed by atoms with Gasteiger partial charge in [-0.3, -0.25) is 4.79 Å². The van der Waals surface area contributed by atoms with Crippen molar-refractivity contribution in [1.82, 2.24) is 5.32 Å². The Morgan fingerprint density at radius 1 is 1.33 bits per heavy atom. The van der Waals surface area contributed by atoms with Gasteiger partial charge in [0.2, 0.25) is 5.91 Å². The highest BCUT2D eigenvalue weighted by Gasteiger charge is 2.08. The average Bonchev–Trinajstić information content (AvgIpc) is 2.21. The molecule has 0 fully saturated rings. The fourth-order valence-corrected chi connectivity index (χ4v) is 1.46. The number of aryl methyl sites for hydroxylation is 2. The van der Waals surface area contributed by atoms with Crippen molar-refractivity contribution in [1.29, 1.82) is 0 Å². The van der Waals surface area contributed by atoms with Gasteiger partial charge in [0.1, 0.15) is 0 Å². The highest BCUT2D eigenvalue weighted by atomic mass is 16.1. The maximum atomic E-state index is 11.2. The molecule has 0 saturated carbocycles. The number of carbonyl (C=O) groups excluding carboxylic acids is 1. The second-order valence-corrected chi connectivity index (χ2v) is 3.99. The first-order valence-electron chi connectivity index (χ1n) is 5.41. The number of hydrogen-bond acceptors (Lipinski definition) is 1. The highest BCUT2D eigenvalue weighted by molar-refractivity contribution is 5.76. The van der Waals surface area contributed by atoms with E-state index in [1.165, 1.54) is 16.7 Å².